The molecule has 0 unspecified atom stereocenters. The highest BCUT2D eigenvalue weighted by atomic mass is 32.2. The van der Waals surface area contributed by atoms with Gasteiger partial charge >= 0.3 is 11.9 Å². The Morgan fingerprint density at radius 2 is 2.02 bits per heavy atom. The molecule has 12 heteroatoms. The van der Waals surface area contributed by atoms with Crippen LogP contribution in [-0.2, 0) is 20.9 Å². The number of carbonyl (C=O) groups excluding carboxylic acids is 2. The van der Waals surface area contributed by atoms with Gasteiger partial charge in [-0.3, -0.25) is 19.7 Å². The molecule has 0 radical (unpaired) electrons. The minimum absolute atomic E-state index is 0.0742. The van der Waals surface area contributed by atoms with Crippen LogP contribution in [0, 0.1) is 44.1 Å². The highest BCUT2D eigenvalue weighted by Gasteiger charge is 2.68. The van der Waals surface area contributed by atoms with E-state index in [1.807, 2.05) is 47.5 Å². The molecule has 10 nitrogen and oxygen atoms in total. The number of pyridine rings is 1. The summed E-state index contributed by atoms with van der Waals surface area (Å²) in [6.07, 6.45) is 7.78. The van der Waals surface area contributed by atoms with Gasteiger partial charge in [0.2, 0.25) is 6.54 Å². The van der Waals surface area contributed by atoms with Crippen molar-refractivity contribution in [3.8, 4) is 11.3 Å². The smallest absolute Gasteiger partial charge is 0.433 e. The molecule has 1 N–H and O–H groups in total. The number of Topliss-reactive ketones (excluding diaryl/α,β-unsaturated/α-hetero) is 1. The molecule has 47 heavy (non-hydrogen) atoms. The summed E-state index contributed by atoms with van der Waals surface area (Å²) in [5, 5.41) is 24.5. The molecule has 0 aliphatic heterocycles. The first-order chi connectivity index (χ1) is 22.3. The second kappa shape index (κ2) is 12.6. The molecule has 3 heterocycles. The van der Waals surface area contributed by atoms with E-state index in [2.05, 4.69) is 27.4 Å². The average Bonchev–Trinajstić information content (AvgIpc) is 3.81. The molecule has 3 fully saturated rings. The number of aliphatic hydroxyl groups excluding tert-OH is 1. The zero-order valence-corrected chi connectivity index (χ0v) is 28.9. The van der Waals surface area contributed by atoms with Crippen molar-refractivity contribution in [2.75, 3.05) is 5.75 Å². The Labute approximate surface area is 282 Å². The van der Waals surface area contributed by atoms with Crippen LogP contribution >= 0.6 is 23.1 Å². The molecule has 6 rings (SSSR count). The van der Waals surface area contributed by atoms with Crippen molar-refractivity contribution in [3.05, 3.63) is 70.6 Å². The number of thioether (sulfide) groups is 1. The van der Waals surface area contributed by atoms with Crippen LogP contribution < -0.4 is 4.57 Å². The fraction of sp³-hybridized carbons (Fsp3) is 0.543. The van der Waals surface area contributed by atoms with Crippen LogP contribution in [0.5, 0.6) is 0 Å². The van der Waals surface area contributed by atoms with E-state index in [0.29, 0.717) is 25.1 Å². The molecule has 3 aromatic heterocycles. The molecule has 0 spiro atoms. The number of nitrogens with zero attached hydrogens (tertiary/aromatic N) is 3. The Hall–Kier alpha value is -3.35. The number of aromatic nitrogens is 2. The first-order valence-electron chi connectivity index (χ1n) is 16.2. The number of hydrogen-bond donors (Lipinski definition) is 1. The fourth-order valence-electron chi connectivity index (χ4n) is 8.73. The van der Waals surface area contributed by atoms with Crippen LogP contribution in [0.4, 0.5) is 5.88 Å². The summed E-state index contributed by atoms with van der Waals surface area (Å²) >= 11 is 2.77. The van der Waals surface area contributed by atoms with Crippen LogP contribution in [0.15, 0.2) is 63.5 Å². The number of esters is 1. The van der Waals surface area contributed by atoms with E-state index < -0.39 is 28.0 Å². The number of nitro groups is 1. The number of ketones is 1. The number of carbonyl (C=O) groups is 2. The van der Waals surface area contributed by atoms with Crippen molar-refractivity contribution in [2.24, 2.45) is 34.0 Å². The lowest BCUT2D eigenvalue weighted by Gasteiger charge is -2.61. The molecule has 2 bridgehead atoms. The first kappa shape index (κ1) is 33.5. The normalized spacial score (nSPS) is 33.5. The van der Waals surface area contributed by atoms with Crippen LogP contribution in [0.1, 0.15) is 65.6 Å². The lowest BCUT2D eigenvalue weighted by Crippen LogP contribution is -2.63. The molecule has 3 aliphatic carbocycles. The third kappa shape index (κ3) is 5.86. The number of furan rings is 1. The number of rotatable bonds is 9. The Morgan fingerprint density at radius 1 is 1.28 bits per heavy atom. The quantitative estimate of drug-likeness (QED) is 0.0658. The van der Waals surface area contributed by atoms with Gasteiger partial charge in [0.05, 0.1) is 23.6 Å². The Morgan fingerprint density at radius 3 is 2.70 bits per heavy atom. The molecular formula is C35H42N3O7S2+. The second-order valence-electron chi connectivity index (χ2n) is 14.1. The van der Waals surface area contributed by atoms with Crippen LogP contribution in [0.25, 0.3) is 11.3 Å². The highest BCUT2D eigenvalue weighted by Crippen LogP contribution is 2.68. The van der Waals surface area contributed by atoms with Crippen molar-refractivity contribution in [2.45, 2.75) is 82.9 Å². The van der Waals surface area contributed by atoms with E-state index in [1.54, 1.807) is 6.07 Å². The zero-order valence-electron chi connectivity index (χ0n) is 27.2. The molecule has 0 amide bonds. The van der Waals surface area contributed by atoms with Gasteiger partial charge in [-0.1, -0.05) is 45.5 Å². The molecule has 3 saturated carbocycles. The minimum atomic E-state index is -0.699. The summed E-state index contributed by atoms with van der Waals surface area (Å²) in [5.41, 5.74) is 0.140. The SMILES string of the molecule is C=C[C@]1(C)C[C@@H](OC(=O)CSc2nc(-c3cc[n+](Cc4ccc([N+](=O)[O-])o4)cc3)cs2)[C@]2(C)[C@H](C)CC[C@]3(CCC(=O)[C@H]32)[C@@H](C)[C@@H]1O. The Kier molecular flexibility index (Phi) is 8.99. The lowest BCUT2D eigenvalue weighted by molar-refractivity contribution is -0.690. The van der Waals surface area contributed by atoms with Gasteiger partial charge in [-0.2, -0.15) is 4.57 Å². The van der Waals surface area contributed by atoms with E-state index >= 15 is 0 Å². The van der Waals surface area contributed by atoms with Crippen molar-refractivity contribution >= 4 is 40.7 Å². The van der Waals surface area contributed by atoms with Gasteiger partial charge in [-0.05, 0) is 49.0 Å². The van der Waals surface area contributed by atoms with E-state index in [-0.39, 0.29) is 46.6 Å². The zero-order chi connectivity index (χ0) is 33.7. The monoisotopic (exact) mass is 680 g/mol. The van der Waals surface area contributed by atoms with Gasteiger partial charge in [-0.25, -0.2) is 4.98 Å². The number of aliphatic hydroxyl groups is 1. The van der Waals surface area contributed by atoms with Gasteiger partial charge in [0.15, 0.2) is 22.5 Å². The largest absolute Gasteiger partial charge is 0.461 e. The third-order valence-electron chi connectivity index (χ3n) is 11.7. The molecular weight excluding hydrogens is 639 g/mol. The molecule has 0 aromatic carbocycles. The van der Waals surface area contributed by atoms with Gasteiger partial charge in [0.1, 0.15) is 16.8 Å². The van der Waals surface area contributed by atoms with Gasteiger partial charge < -0.3 is 14.3 Å². The molecule has 3 aromatic rings. The maximum atomic E-state index is 13.6. The molecule has 0 saturated heterocycles. The molecule has 8 atom stereocenters. The standard InChI is InChI=1S/C35H42N3O7S2/c1-6-33(4)17-27(34(5)21(2)9-13-35(22(3)31(33)41)14-10-26(39)30(34)35)45-29(40)20-47-32-36-25(19-46-32)23-11-15-37(16-12-23)18-24-7-8-28(44-24)38(42)43/h6-8,11-12,15-16,19,21-22,27,30-31,41H,1,9-10,13-14,17-18,20H2,2-5H3/q+1/t21-,22+,27-,30+,31+,33-,34+,35+/m1/s1. The van der Waals surface area contributed by atoms with Crippen molar-refractivity contribution in [1.82, 2.24) is 4.98 Å². The van der Waals surface area contributed by atoms with E-state index in [4.69, 9.17) is 14.1 Å². The number of thiazole rings is 1. The van der Waals surface area contributed by atoms with E-state index in [1.165, 1.54) is 29.2 Å². The van der Waals surface area contributed by atoms with Crippen molar-refractivity contribution < 1.29 is 33.3 Å². The van der Waals surface area contributed by atoms with E-state index in [9.17, 15) is 24.8 Å². The maximum absolute atomic E-state index is 13.6. The summed E-state index contributed by atoms with van der Waals surface area (Å²) in [5.74, 6) is -0.0108. The average molecular weight is 681 g/mol. The predicted molar refractivity (Wildman–Crippen MR) is 178 cm³/mol. The maximum Gasteiger partial charge on any atom is 0.433 e. The fourth-order valence-corrected chi connectivity index (χ4v) is 10.4. The third-order valence-corrected chi connectivity index (χ3v) is 13.7. The first-order valence-corrected chi connectivity index (χ1v) is 18.0. The van der Waals surface area contributed by atoms with Crippen molar-refractivity contribution in [3.63, 3.8) is 0 Å². The summed E-state index contributed by atoms with van der Waals surface area (Å²) in [6, 6.07) is 6.75. The van der Waals surface area contributed by atoms with Crippen molar-refractivity contribution in [1.29, 1.82) is 0 Å². The van der Waals surface area contributed by atoms with E-state index in [0.717, 1.165) is 34.9 Å². The van der Waals surface area contributed by atoms with Crippen LogP contribution in [0.2, 0.25) is 0 Å². The minimum Gasteiger partial charge on any atom is -0.461 e. The molecule has 250 valence electrons. The summed E-state index contributed by atoms with van der Waals surface area (Å²) in [7, 11) is 0. The van der Waals surface area contributed by atoms with Gasteiger partial charge in [0.25, 0.3) is 0 Å². The summed E-state index contributed by atoms with van der Waals surface area (Å²) < 4.78 is 14.2. The Balaban J connectivity index is 1.14. The van der Waals surface area contributed by atoms with Gasteiger partial charge in [0, 0.05) is 46.2 Å². The lowest BCUT2D eigenvalue weighted by atomic mass is 9.44. The second-order valence-corrected chi connectivity index (χ2v) is 16.2. The van der Waals surface area contributed by atoms with Gasteiger partial charge in [-0.15, -0.1) is 17.9 Å². The Bertz CT molecular complexity index is 1690. The number of ether oxygens (including phenoxy) is 1. The summed E-state index contributed by atoms with van der Waals surface area (Å²) in [6.45, 7) is 12.9. The predicted octanol–water partition coefficient (Wildman–Crippen LogP) is 6.65. The molecule has 3 aliphatic rings. The summed E-state index contributed by atoms with van der Waals surface area (Å²) in [4.78, 5) is 42.2. The van der Waals surface area contributed by atoms with Crippen LogP contribution in [0.3, 0.4) is 0 Å². The highest BCUT2D eigenvalue weighted by molar-refractivity contribution is 8.01. The number of hydrogen-bond acceptors (Lipinski definition) is 10. The topological polar surface area (TPSA) is 137 Å². The van der Waals surface area contributed by atoms with Crippen LogP contribution in [-0.4, -0.2) is 44.7 Å².